The molecule has 0 radical (unpaired) electrons. The molecule has 222 valence electrons. The molecule has 5 rings (SSSR count). The number of anilines is 5. The van der Waals surface area contributed by atoms with Gasteiger partial charge >= 0.3 is 6.18 Å². The summed E-state index contributed by atoms with van der Waals surface area (Å²) in [6.45, 7) is 5.97. The zero-order chi connectivity index (χ0) is 29.9. The van der Waals surface area contributed by atoms with Crippen LogP contribution in [-0.4, -0.2) is 55.9 Å². The summed E-state index contributed by atoms with van der Waals surface area (Å²) in [5.74, 6) is -0.802. The van der Waals surface area contributed by atoms with Crippen LogP contribution in [-0.2, 0) is 20.5 Å². The van der Waals surface area contributed by atoms with Gasteiger partial charge in [0.15, 0.2) is 5.82 Å². The van der Waals surface area contributed by atoms with E-state index in [2.05, 4.69) is 32.1 Å². The van der Waals surface area contributed by atoms with Gasteiger partial charge in [-0.1, -0.05) is 18.7 Å². The molecule has 1 unspecified atom stereocenters. The lowest BCUT2D eigenvalue weighted by atomic mass is 10.0. The Morgan fingerprint density at radius 3 is 2.64 bits per heavy atom. The quantitative estimate of drug-likeness (QED) is 0.271. The zero-order valence-corrected chi connectivity index (χ0v) is 22.6. The molecule has 2 saturated heterocycles. The van der Waals surface area contributed by atoms with E-state index in [1.54, 1.807) is 12.1 Å². The summed E-state index contributed by atoms with van der Waals surface area (Å²) >= 11 is 0. The van der Waals surface area contributed by atoms with Crippen LogP contribution in [0.3, 0.4) is 0 Å². The molecule has 42 heavy (non-hydrogen) atoms. The number of nitrogens with zero attached hydrogens (tertiary/aromatic N) is 4. The van der Waals surface area contributed by atoms with Crippen LogP contribution < -0.4 is 25.3 Å². The highest BCUT2D eigenvalue weighted by Gasteiger charge is 2.38. The van der Waals surface area contributed by atoms with Gasteiger partial charge in [-0.2, -0.15) is 13.2 Å². The van der Waals surface area contributed by atoms with E-state index in [-0.39, 0.29) is 30.2 Å². The van der Waals surface area contributed by atoms with Crippen molar-refractivity contribution >= 4 is 34.6 Å². The van der Waals surface area contributed by atoms with Crippen molar-refractivity contribution in [3.05, 3.63) is 72.3 Å². The van der Waals surface area contributed by atoms with Gasteiger partial charge in [-0.25, -0.2) is 19.4 Å². The van der Waals surface area contributed by atoms with Crippen LogP contribution in [0.25, 0.3) is 0 Å². The summed E-state index contributed by atoms with van der Waals surface area (Å²) in [6, 6.07) is 7.32. The molecular formula is C28H28F4N6O4. The Morgan fingerprint density at radius 1 is 1.14 bits per heavy atom. The SMILES string of the molecule is C=CC(=O)Nc1cc(Nc2cc(N3OCCC3c3cccc(C(F)(F)F)c3F)ncn2)c(OC)cc1N1CCOCC1. The second-order valence-corrected chi connectivity index (χ2v) is 9.42. The van der Waals surface area contributed by atoms with E-state index in [9.17, 15) is 22.4 Å². The molecular weight excluding hydrogens is 560 g/mol. The van der Waals surface area contributed by atoms with Crippen LogP contribution in [0.4, 0.5) is 46.3 Å². The fourth-order valence-corrected chi connectivity index (χ4v) is 4.86. The minimum Gasteiger partial charge on any atom is -0.494 e. The van der Waals surface area contributed by atoms with E-state index in [0.29, 0.717) is 49.5 Å². The molecule has 0 aliphatic carbocycles. The van der Waals surface area contributed by atoms with E-state index in [1.165, 1.54) is 36.7 Å². The van der Waals surface area contributed by atoms with E-state index in [4.69, 9.17) is 14.3 Å². The smallest absolute Gasteiger partial charge is 0.419 e. The average molecular weight is 589 g/mol. The number of halogens is 4. The third kappa shape index (κ3) is 6.09. The molecule has 3 heterocycles. The lowest BCUT2D eigenvalue weighted by Gasteiger charge is -2.31. The summed E-state index contributed by atoms with van der Waals surface area (Å²) < 4.78 is 66.1. The number of nitrogens with one attached hydrogen (secondary N) is 2. The van der Waals surface area contributed by atoms with Crippen LogP contribution in [0, 0.1) is 5.82 Å². The Labute approximate surface area is 238 Å². The normalized spacial score (nSPS) is 17.2. The summed E-state index contributed by atoms with van der Waals surface area (Å²) in [6.07, 6.45) is -2.18. The molecule has 0 spiro atoms. The van der Waals surface area contributed by atoms with Crippen molar-refractivity contribution in [2.75, 3.05) is 60.6 Å². The van der Waals surface area contributed by atoms with Gasteiger partial charge in [0.05, 0.1) is 55.6 Å². The van der Waals surface area contributed by atoms with Crippen molar-refractivity contribution in [2.24, 2.45) is 0 Å². The first-order valence-corrected chi connectivity index (χ1v) is 13.0. The molecule has 0 bridgehead atoms. The summed E-state index contributed by atoms with van der Waals surface area (Å²) in [5.41, 5.74) is 0.196. The average Bonchev–Trinajstić information content (AvgIpc) is 3.47. The number of carbonyl (C=O) groups excluding carboxylic acids is 1. The fraction of sp³-hybridized carbons (Fsp3) is 0.321. The number of hydroxylamine groups is 1. The van der Waals surface area contributed by atoms with Crippen molar-refractivity contribution in [3.63, 3.8) is 0 Å². The summed E-state index contributed by atoms with van der Waals surface area (Å²) in [4.78, 5) is 28.4. The van der Waals surface area contributed by atoms with E-state index >= 15 is 0 Å². The second kappa shape index (κ2) is 12.2. The maximum absolute atomic E-state index is 15.0. The maximum Gasteiger partial charge on any atom is 0.419 e. The van der Waals surface area contributed by atoms with Gasteiger partial charge in [-0.15, -0.1) is 0 Å². The highest BCUT2D eigenvalue weighted by atomic mass is 19.4. The van der Waals surface area contributed by atoms with Crippen molar-refractivity contribution in [2.45, 2.75) is 18.6 Å². The van der Waals surface area contributed by atoms with Gasteiger partial charge in [-0.05, 0) is 18.2 Å². The number of morpholine rings is 1. The maximum atomic E-state index is 15.0. The van der Waals surface area contributed by atoms with Crippen molar-refractivity contribution < 1.29 is 36.7 Å². The summed E-state index contributed by atoms with van der Waals surface area (Å²) in [5, 5.41) is 7.24. The highest BCUT2D eigenvalue weighted by Crippen LogP contribution is 2.41. The molecule has 10 nitrogen and oxygen atoms in total. The Balaban J connectivity index is 1.45. The minimum absolute atomic E-state index is 0.149. The highest BCUT2D eigenvalue weighted by molar-refractivity contribution is 6.02. The summed E-state index contributed by atoms with van der Waals surface area (Å²) in [7, 11) is 1.50. The number of rotatable bonds is 8. The fourth-order valence-electron chi connectivity index (χ4n) is 4.86. The van der Waals surface area contributed by atoms with Gasteiger partial charge in [-0.3, -0.25) is 9.63 Å². The molecule has 2 N–H and O–H groups in total. The van der Waals surface area contributed by atoms with Gasteiger partial charge in [0.1, 0.15) is 23.7 Å². The number of hydrogen-bond acceptors (Lipinski definition) is 9. The Kier molecular flexibility index (Phi) is 8.45. The number of carbonyl (C=O) groups is 1. The molecule has 1 aromatic heterocycles. The van der Waals surface area contributed by atoms with Gasteiger partial charge in [0.25, 0.3) is 0 Å². The molecule has 2 aliphatic heterocycles. The third-order valence-corrected chi connectivity index (χ3v) is 6.85. The molecule has 1 atom stereocenters. The number of hydrogen-bond donors (Lipinski definition) is 2. The molecule has 0 saturated carbocycles. The molecule has 2 aromatic carbocycles. The first-order chi connectivity index (χ1) is 20.2. The molecule has 14 heteroatoms. The van der Waals surface area contributed by atoms with E-state index < -0.39 is 29.5 Å². The number of benzene rings is 2. The zero-order valence-electron chi connectivity index (χ0n) is 22.6. The van der Waals surface area contributed by atoms with Crippen LogP contribution in [0.5, 0.6) is 5.75 Å². The van der Waals surface area contributed by atoms with Crippen LogP contribution in [0.1, 0.15) is 23.6 Å². The van der Waals surface area contributed by atoms with E-state index in [1.807, 2.05) is 0 Å². The van der Waals surface area contributed by atoms with Crippen molar-refractivity contribution in [3.8, 4) is 5.75 Å². The Bertz CT molecular complexity index is 1460. The first kappa shape index (κ1) is 29.1. The molecule has 2 fully saturated rings. The monoisotopic (exact) mass is 588 g/mol. The van der Waals surface area contributed by atoms with Crippen LogP contribution in [0.2, 0.25) is 0 Å². The molecule has 3 aromatic rings. The van der Waals surface area contributed by atoms with E-state index in [0.717, 1.165) is 11.8 Å². The predicted molar refractivity (Wildman–Crippen MR) is 147 cm³/mol. The Hall–Kier alpha value is -4.43. The standard InChI is InChI=1S/C28H28F4N6O4/c1-3-26(39)36-19-13-20(23(40-2)14-22(19)37-8-11-41-12-9-37)35-24-15-25(34-16-33-24)38-21(7-10-42-38)17-5-4-6-18(27(17)29)28(30,31)32/h3-6,13-16,21H,1,7-12H2,2H3,(H,36,39)(H,33,34,35). The lowest BCUT2D eigenvalue weighted by molar-refractivity contribution is -0.140. The predicted octanol–water partition coefficient (Wildman–Crippen LogP) is 5.23. The van der Waals surface area contributed by atoms with Gasteiger partial charge in [0.2, 0.25) is 5.91 Å². The number of ether oxygens (including phenoxy) is 2. The number of amides is 1. The number of alkyl halides is 3. The molecule has 2 aliphatic rings. The number of methoxy groups -OCH3 is 1. The lowest BCUT2D eigenvalue weighted by Crippen LogP contribution is -2.36. The van der Waals surface area contributed by atoms with Crippen molar-refractivity contribution in [1.29, 1.82) is 0 Å². The second-order valence-electron chi connectivity index (χ2n) is 9.42. The molecule has 1 amide bonds. The van der Waals surface area contributed by atoms with Crippen molar-refractivity contribution in [1.82, 2.24) is 9.97 Å². The van der Waals surface area contributed by atoms with Gasteiger partial charge < -0.3 is 25.0 Å². The van der Waals surface area contributed by atoms with Gasteiger partial charge in [0, 0.05) is 37.2 Å². The first-order valence-electron chi connectivity index (χ1n) is 13.0. The van der Waals surface area contributed by atoms with Crippen LogP contribution in [0.15, 0.2) is 55.4 Å². The Morgan fingerprint density at radius 2 is 1.93 bits per heavy atom. The topological polar surface area (TPSA) is 101 Å². The largest absolute Gasteiger partial charge is 0.494 e. The third-order valence-electron chi connectivity index (χ3n) is 6.85. The number of aromatic nitrogens is 2. The minimum atomic E-state index is -4.84. The van der Waals surface area contributed by atoms with Crippen LogP contribution >= 0.6 is 0 Å².